The van der Waals surface area contributed by atoms with E-state index < -0.39 is 0 Å². The van der Waals surface area contributed by atoms with Crippen molar-refractivity contribution in [3.05, 3.63) is 70.2 Å². The lowest BCUT2D eigenvalue weighted by Gasteiger charge is -2.32. The zero-order chi connectivity index (χ0) is 19.4. The number of amides is 2. The van der Waals surface area contributed by atoms with E-state index in [1.54, 1.807) is 17.0 Å². The van der Waals surface area contributed by atoms with Gasteiger partial charge in [0.2, 0.25) is 0 Å². The summed E-state index contributed by atoms with van der Waals surface area (Å²) in [4.78, 5) is 26.9. The fourth-order valence-electron chi connectivity index (χ4n) is 3.32. The molecular weight excluding hydrogens is 360 g/mol. The molecule has 142 valence electrons. The first-order chi connectivity index (χ1) is 13.0. The number of nitrogens with one attached hydrogen (secondary N) is 1. The molecule has 0 aliphatic carbocycles. The second-order valence-electron chi connectivity index (χ2n) is 7.30. The normalized spacial score (nSPS) is 15.0. The van der Waals surface area contributed by atoms with Crippen molar-refractivity contribution in [3.63, 3.8) is 0 Å². The van der Waals surface area contributed by atoms with Gasteiger partial charge in [0.05, 0.1) is 10.6 Å². The Morgan fingerprint density at radius 3 is 2.26 bits per heavy atom. The van der Waals surface area contributed by atoms with Gasteiger partial charge in [0, 0.05) is 24.7 Å². The Morgan fingerprint density at radius 2 is 1.67 bits per heavy atom. The third-order valence-electron chi connectivity index (χ3n) is 5.06. The van der Waals surface area contributed by atoms with Gasteiger partial charge in [-0.15, -0.1) is 0 Å². The fourth-order valence-corrected chi connectivity index (χ4v) is 3.54. The molecule has 2 amide bonds. The van der Waals surface area contributed by atoms with Gasteiger partial charge in [-0.1, -0.05) is 49.7 Å². The smallest absolute Gasteiger partial charge is 0.255 e. The predicted octanol–water partition coefficient (Wildman–Crippen LogP) is 4.50. The highest BCUT2D eigenvalue weighted by molar-refractivity contribution is 6.33. The third-order valence-corrected chi connectivity index (χ3v) is 5.39. The van der Waals surface area contributed by atoms with Crippen LogP contribution in [0.5, 0.6) is 0 Å². The van der Waals surface area contributed by atoms with Crippen molar-refractivity contribution in [2.24, 2.45) is 0 Å². The van der Waals surface area contributed by atoms with E-state index >= 15 is 0 Å². The molecule has 1 aliphatic heterocycles. The van der Waals surface area contributed by atoms with Crippen molar-refractivity contribution in [1.82, 2.24) is 10.2 Å². The van der Waals surface area contributed by atoms with Crippen LogP contribution in [0, 0.1) is 0 Å². The SMILES string of the molecule is CC(C)c1ccc(C(=O)NC2CCN(C(=O)c3ccccc3Cl)CC2)cc1. The Labute approximate surface area is 165 Å². The molecule has 0 bridgehead atoms. The molecule has 1 fully saturated rings. The maximum Gasteiger partial charge on any atom is 0.255 e. The number of piperidine rings is 1. The van der Waals surface area contributed by atoms with Crippen molar-refractivity contribution in [3.8, 4) is 0 Å². The molecule has 1 N–H and O–H groups in total. The molecule has 1 aliphatic rings. The first kappa shape index (κ1) is 19.4. The second-order valence-corrected chi connectivity index (χ2v) is 7.70. The Balaban J connectivity index is 1.54. The first-order valence-corrected chi connectivity index (χ1v) is 9.78. The van der Waals surface area contributed by atoms with Gasteiger partial charge in [0.25, 0.3) is 11.8 Å². The third kappa shape index (κ3) is 4.69. The van der Waals surface area contributed by atoms with E-state index in [-0.39, 0.29) is 17.9 Å². The summed E-state index contributed by atoms with van der Waals surface area (Å²) in [5, 5.41) is 3.57. The summed E-state index contributed by atoms with van der Waals surface area (Å²) in [6, 6.07) is 14.9. The van der Waals surface area contributed by atoms with Crippen LogP contribution in [0.2, 0.25) is 5.02 Å². The number of rotatable bonds is 4. The predicted molar refractivity (Wildman–Crippen MR) is 108 cm³/mol. The molecule has 1 heterocycles. The maximum atomic E-state index is 12.6. The number of benzene rings is 2. The van der Waals surface area contributed by atoms with Crippen LogP contribution in [0.1, 0.15) is 58.9 Å². The first-order valence-electron chi connectivity index (χ1n) is 9.40. The van der Waals surface area contributed by atoms with Gasteiger partial charge >= 0.3 is 0 Å². The quantitative estimate of drug-likeness (QED) is 0.843. The summed E-state index contributed by atoms with van der Waals surface area (Å²) in [7, 11) is 0. The van der Waals surface area contributed by atoms with Gasteiger partial charge in [-0.25, -0.2) is 0 Å². The van der Waals surface area contributed by atoms with E-state index in [1.807, 2.05) is 36.4 Å². The Kier molecular flexibility index (Phi) is 6.17. The van der Waals surface area contributed by atoms with Crippen LogP contribution >= 0.6 is 11.6 Å². The molecule has 0 atom stereocenters. The average molecular weight is 385 g/mol. The fraction of sp³-hybridized carbons (Fsp3) is 0.364. The van der Waals surface area contributed by atoms with Gasteiger partial charge in [0.1, 0.15) is 0 Å². The minimum absolute atomic E-state index is 0.0466. The summed E-state index contributed by atoms with van der Waals surface area (Å²) in [6.45, 7) is 5.49. The lowest BCUT2D eigenvalue weighted by molar-refractivity contribution is 0.0698. The highest BCUT2D eigenvalue weighted by Gasteiger charge is 2.25. The molecule has 27 heavy (non-hydrogen) atoms. The molecule has 0 radical (unpaired) electrons. The minimum Gasteiger partial charge on any atom is -0.349 e. The van der Waals surface area contributed by atoms with Crippen molar-refractivity contribution < 1.29 is 9.59 Å². The number of hydrogen-bond acceptors (Lipinski definition) is 2. The van der Waals surface area contributed by atoms with Crippen LogP contribution in [-0.2, 0) is 0 Å². The van der Waals surface area contributed by atoms with E-state index in [0.717, 1.165) is 12.8 Å². The van der Waals surface area contributed by atoms with Crippen molar-refractivity contribution in [2.45, 2.75) is 38.6 Å². The standard InChI is InChI=1S/C22H25ClN2O2/c1-15(2)16-7-9-17(10-8-16)21(26)24-18-11-13-25(14-12-18)22(27)19-5-3-4-6-20(19)23/h3-10,15,18H,11-14H2,1-2H3,(H,24,26). The Bertz CT molecular complexity index is 809. The van der Waals surface area contributed by atoms with Crippen LogP contribution in [-0.4, -0.2) is 35.8 Å². The van der Waals surface area contributed by atoms with E-state index in [9.17, 15) is 9.59 Å². The summed E-state index contributed by atoms with van der Waals surface area (Å²) in [5.41, 5.74) is 2.43. The van der Waals surface area contributed by atoms with Crippen LogP contribution in [0.4, 0.5) is 0 Å². The van der Waals surface area contributed by atoms with E-state index in [2.05, 4.69) is 19.2 Å². The molecule has 0 unspecified atom stereocenters. The second kappa shape index (κ2) is 8.57. The molecule has 2 aromatic carbocycles. The van der Waals surface area contributed by atoms with E-state index in [0.29, 0.717) is 35.2 Å². The topological polar surface area (TPSA) is 49.4 Å². The molecule has 0 saturated carbocycles. The largest absolute Gasteiger partial charge is 0.349 e. The van der Waals surface area contributed by atoms with Crippen molar-refractivity contribution in [2.75, 3.05) is 13.1 Å². The van der Waals surface area contributed by atoms with Gasteiger partial charge in [-0.3, -0.25) is 9.59 Å². The summed E-state index contributed by atoms with van der Waals surface area (Å²) in [5.74, 6) is 0.345. The Morgan fingerprint density at radius 1 is 1.04 bits per heavy atom. The average Bonchev–Trinajstić information content (AvgIpc) is 2.68. The zero-order valence-electron chi connectivity index (χ0n) is 15.7. The highest BCUT2D eigenvalue weighted by Crippen LogP contribution is 2.20. The molecule has 1 saturated heterocycles. The summed E-state index contributed by atoms with van der Waals surface area (Å²) < 4.78 is 0. The summed E-state index contributed by atoms with van der Waals surface area (Å²) >= 11 is 6.13. The van der Waals surface area contributed by atoms with Crippen LogP contribution in [0.25, 0.3) is 0 Å². The Hall–Kier alpha value is -2.33. The van der Waals surface area contributed by atoms with Gasteiger partial charge in [-0.2, -0.15) is 0 Å². The molecule has 2 aromatic rings. The molecular formula is C22H25ClN2O2. The van der Waals surface area contributed by atoms with Crippen LogP contribution in [0.3, 0.4) is 0 Å². The lowest BCUT2D eigenvalue weighted by Crippen LogP contribution is -2.46. The number of likely N-dealkylation sites (tertiary alicyclic amines) is 1. The number of nitrogens with zero attached hydrogens (tertiary/aromatic N) is 1. The van der Waals surface area contributed by atoms with Crippen molar-refractivity contribution in [1.29, 1.82) is 0 Å². The zero-order valence-corrected chi connectivity index (χ0v) is 16.5. The van der Waals surface area contributed by atoms with E-state index in [1.165, 1.54) is 5.56 Å². The van der Waals surface area contributed by atoms with Crippen LogP contribution in [0.15, 0.2) is 48.5 Å². The number of carbonyl (C=O) groups excluding carboxylic acids is 2. The van der Waals surface area contributed by atoms with Gasteiger partial charge < -0.3 is 10.2 Å². The molecule has 4 nitrogen and oxygen atoms in total. The minimum atomic E-state index is -0.0545. The van der Waals surface area contributed by atoms with Gasteiger partial charge in [0.15, 0.2) is 0 Å². The lowest BCUT2D eigenvalue weighted by atomic mass is 10.0. The van der Waals surface area contributed by atoms with Crippen LogP contribution < -0.4 is 5.32 Å². The highest BCUT2D eigenvalue weighted by atomic mass is 35.5. The van der Waals surface area contributed by atoms with E-state index in [4.69, 9.17) is 11.6 Å². The molecule has 0 aromatic heterocycles. The molecule has 3 rings (SSSR count). The number of carbonyl (C=O) groups is 2. The summed E-state index contributed by atoms with van der Waals surface area (Å²) in [6.07, 6.45) is 1.48. The number of hydrogen-bond donors (Lipinski definition) is 1. The monoisotopic (exact) mass is 384 g/mol. The molecule has 0 spiro atoms. The molecule has 5 heteroatoms. The van der Waals surface area contributed by atoms with Crippen molar-refractivity contribution >= 4 is 23.4 Å². The van der Waals surface area contributed by atoms with Gasteiger partial charge in [-0.05, 0) is 48.6 Å². The maximum absolute atomic E-state index is 12.6. The number of halogens is 1.